The third-order valence-electron chi connectivity index (χ3n) is 3.76. The standard InChI is InChI=1S/C13H18ClN3O/c1-2-13(4-3-5-13)17-11-9(12(16)18)6-8(15)7-10(11)14/h6-7,17H,2-5,15H2,1H3,(H2,16,18). The molecule has 1 saturated carbocycles. The highest BCUT2D eigenvalue weighted by molar-refractivity contribution is 6.34. The predicted octanol–water partition coefficient (Wildman–Crippen LogP) is 2.77. The zero-order chi connectivity index (χ0) is 13.3. The fourth-order valence-electron chi connectivity index (χ4n) is 2.38. The van der Waals surface area contributed by atoms with Crippen LogP contribution < -0.4 is 16.8 Å². The van der Waals surface area contributed by atoms with Crippen LogP contribution in [0.15, 0.2) is 12.1 Å². The molecule has 0 radical (unpaired) electrons. The molecule has 4 nitrogen and oxygen atoms in total. The summed E-state index contributed by atoms with van der Waals surface area (Å²) in [7, 11) is 0. The summed E-state index contributed by atoms with van der Waals surface area (Å²) in [6.07, 6.45) is 4.36. The maximum Gasteiger partial charge on any atom is 0.250 e. The number of hydrogen-bond donors (Lipinski definition) is 3. The van der Waals surface area contributed by atoms with Gasteiger partial charge in [-0.15, -0.1) is 0 Å². The Hall–Kier alpha value is -1.42. The van der Waals surface area contributed by atoms with Gasteiger partial charge in [0.1, 0.15) is 0 Å². The lowest BCUT2D eigenvalue weighted by atomic mass is 9.74. The van der Waals surface area contributed by atoms with Gasteiger partial charge in [0.15, 0.2) is 0 Å². The number of primary amides is 1. The minimum atomic E-state index is -0.516. The zero-order valence-electron chi connectivity index (χ0n) is 10.4. The average molecular weight is 268 g/mol. The van der Waals surface area contributed by atoms with E-state index in [9.17, 15) is 4.79 Å². The van der Waals surface area contributed by atoms with Crippen LogP contribution in [0.4, 0.5) is 11.4 Å². The number of carbonyl (C=O) groups is 1. The van der Waals surface area contributed by atoms with Gasteiger partial charge in [0.05, 0.1) is 16.3 Å². The predicted molar refractivity (Wildman–Crippen MR) is 74.9 cm³/mol. The molecule has 0 aromatic heterocycles. The van der Waals surface area contributed by atoms with E-state index in [1.807, 2.05) is 0 Å². The molecule has 1 fully saturated rings. The monoisotopic (exact) mass is 267 g/mol. The average Bonchev–Trinajstić information content (AvgIpc) is 2.25. The zero-order valence-corrected chi connectivity index (χ0v) is 11.2. The number of anilines is 2. The summed E-state index contributed by atoms with van der Waals surface area (Å²) in [6.45, 7) is 2.13. The van der Waals surface area contributed by atoms with Crippen molar-refractivity contribution >= 4 is 28.9 Å². The Kier molecular flexibility index (Phi) is 3.39. The van der Waals surface area contributed by atoms with Crippen molar-refractivity contribution in [1.29, 1.82) is 0 Å². The van der Waals surface area contributed by atoms with Crippen LogP contribution in [-0.2, 0) is 0 Å². The Bertz CT molecular complexity index is 478. The van der Waals surface area contributed by atoms with E-state index in [-0.39, 0.29) is 5.54 Å². The lowest BCUT2D eigenvalue weighted by Crippen LogP contribution is -2.44. The van der Waals surface area contributed by atoms with Crippen LogP contribution in [0.25, 0.3) is 0 Å². The van der Waals surface area contributed by atoms with Gasteiger partial charge in [-0.05, 0) is 37.8 Å². The van der Waals surface area contributed by atoms with Crippen molar-refractivity contribution in [2.45, 2.75) is 38.1 Å². The SMILES string of the molecule is CCC1(Nc2c(Cl)cc(N)cc2C(N)=O)CCC1. The van der Waals surface area contributed by atoms with E-state index in [0.717, 1.165) is 19.3 Å². The lowest BCUT2D eigenvalue weighted by Gasteiger charge is -2.43. The molecule has 0 aliphatic heterocycles. The highest BCUT2D eigenvalue weighted by atomic mass is 35.5. The Balaban J connectivity index is 2.40. The Labute approximate surface area is 112 Å². The van der Waals surface area contributed by atoms with Gasteiger partial charge in [0.2, 0.25) is 0 Å². The first kappa shape index (κ1) is 13.0. The fraction of sp³-hybridized carbons (Fsp3) is 0.462. The Morgan fingerprint density at radius 3 is 2.61 bits per heavy atom. The van der Waals surface area contributed by atoms with Gasteiger partial charge in [-0.2, -0.15) is 0 Å². The maximum absolute atomic E-state index is 11.5. The second-order valence-electron chi connectivity index (χ2n) is 4.90. The molecule has 1 aliphatic carbocycles. The fourth-order valence-corrected chi connectivity index (χ4v) is 2.66. The second kappa shape index (κ2) is 4.69. The molecule has 0 unspecified atom stereocenters. The summed E-state index contributed by atoms with van der Waals surface area (Å²) in [4.78, 5) is 11.5. The first-order valence-corrected chi connectivity index (χ1v) is 6.52. The third-order valence-corrected chi connectivity index (χ3v) is 4.05. The van der Waals surface area contributed by atoms with E-state index in [1.165, 1.54) is 6.42 Å². The summed E-state index contributed by atoms with van der Waals surface area (Å²) >= 11 is 6.17. The van der Waals surface area contributed by atoms with Crippen molar-refractivity contribution < 1.29 is 4.79 Å². The van der Waals surface area contributed by atoms with Crippen LogP contribution >= 0.6 is 11.6 Å². The van der Waals surface area contributed by atoms with Crippen LogP contribution in [0, 0.1) is 0 Å². The van der Waals surface area contributed by atoms with Gasteiger partial charge in [-0.1, -0.05) is 18.5 Å². The van der Waals surface area contributed by atoms with Crippen molar-refractivity contribution in [2.75, 3.05) is 11.1 Å². The van der Waals surface area contributed by atoms with E-state index in [2.05, 4.69) is 12.2 Å². The van der Waals surface area contributed by atoms with E-state index >= 15 is 0 Å². The molecule has 5 heteroatoms. The van der Waals surface area contributed by atoms with E-state index in [1.54, 1.807) is 12.1 Å². The molecule has 0 atom stereocenters. The van der Waals surface area contributed by atoms with Gasteiger partial charge in [0.25, 0.3) is 5.91 Å². The Morgan fingerprint density at radius 1 is 1.50 bits per heavy atom. The number of hydrogen-bond acceptors (Lipinski definition) is 3. The minimum Gasteiger partial charge on any atom is -0.399 e. The number of carbonyl (C=O) groups excluding carboxylic acids is 1. The summed E-state index contributed by atoms with van der Waals surface area (Å²) in [5.41, 5.74) is 12.5. The molecule has 0 bridgehead atoms. The number of halogens is 1. The molecular formula is C13H18ClN3O. The van der Waals surface area contributed by atoms with E-state index in [0.29, 0.717) is 22.0 Å². The molecule has 1 aromatic carbocycles. The molecule has 0 saturated heterocycles. The first-order chi connectivity index (χ1) is 8.47. The van der Waals surface area contributed by atoms with Gasteiger partial charge >= 0.3 is 0 Å². The molecule has 1 aromatic rings. The van der Waals surface area contributed by atoms with Crippen LogP contribution in [-0.4, -0.2) is 11.4 Å². The maximum atomic E-state index is 11.5. The van der Waals surface area contributed by atoms with Gasteiger partial charge in [-0.25, -0.2) is 0 Å². The Morgan fingerprint density at radius 2 is 2.17 bits per heavy atom. The van der Waals surface area contributed by atoms with E-state index in [4.69, 9.17) is 23.1 Å². The van der Waals surface area contributed by atoms with Gasteiger partial charge < -0.3 is 16.8 Å². The molecule has 2 rings (SSSR count). The lowest BCUT2D eigenvalue weighted by molar-refractivity contribution is 0.100. The van der Waals surface area contributed by atoms with Crippen LogP contribution in [0.5, 0.6) is 0 Å². The number of rotatable bonds is 4. The highest BCUT2D eigenvalue weighted by Gasteiger charge is 2.36. The van der Waals surface area contributed by atoms with Crippen LogP contribution in [0.2, 0.25) is 5.02 Å². The number of amides is 1. The molecule has 18 heavy (non-hydrogen) atoms. The molecule has 98 valence electrons. The van der Waals surface area contributed by atoms with Gasteiger partial charge in [0, 0.05) is 11.2 Å². The van der Waals surface area contributed by atoms with Crippen molar-refractivity contribution in [3.63, 3.8) is 0 Å². The first-order valence-electron chi connectivity index (χ1n) is 6.14. The van der Waals surface area contributed by atoms with Crippen LogP contribution in [0.1, 0.15) is 43.0 Å². The second-order valence-corrected chi connectivity index (χ2v) is 5.31. The molecule has 0 heterocycles. The normalized spacial score (nSPS) is 17.0. The molecule has 5 N–H and O–H groups in total. The molecular weight excluding hydrogens is 250 g/mol. The van der Waals surface area contributed by atoms with Crippen molar-refractivity contribution in [3.8, 4) is 0 Å². The molecule has 1 amide bonds. The van der Waals surface area contributed by atoms with Crippen molar-refractivity contribution in [2.24, 2.45) is 5.73 Å². The quantitative estimate of drug-likeness (QED) is 0.734. The van der Waals surface area contributed by atoms with E-state index < -0.39 is 5.91 Å². The topological polar surface area (TPSA) is 81.1 Å². The smallest absolute Gasteiger partial charge is 0.250 e. The number of nitrogens with two attached hydrogens (primary N) is 2. The van der Waals surface area contributed by atoms with Crippen molar-refractivity contribution in [1.82, 2.24) is 0 Å². The van der Waals surface area contributed by atoms with Crippen molar-refractivity contribution in [3.05, 3.63) is 22.7 Å². The summed E-state index contributed by atoms with van der Waals surface area (Å²) in [6, 6.07) is 3.21. The number of nitrogen functional groups attached to an aromatic ring is 1. The van der Waals surface area contributed by atoms with Crippen LogP contribution in [0.3, 0.4) is 0 Å². The molecule has 1 aliphatic rings. The highest BCUT2D eigenvalue weighted by Crippen LogP contribution is 2.41. The minimum absolute atomic E-state index is 0.0456. The summed E-state index contributed by atoms with van der Waals surface area (Å²) in [5, 5.41) is 3.85. The largest absolute Gasteiger partial charge is 0.399 e. The number of benzene rings is 1. The van der Waals surface area contributed by atoms with Gasteiger partial charge in [-0.3, -0.25) is 4.79 Å². The molecule has 0 spiro atoms. The summed E-state index contributed by atoms with van der Waals surface area (Å²) < 4.78 is 0. The summed E-state index contributed by atoms with van der Waals surface area (Å²) in [5.74, 6) is -0.516. The number of nitrogens with one attached hydrogen (secondary N) is 1. The third kappa shape index (κ3) is 2.25.